The van der Waals surface area contributed by atoms with Crippen LogP contribution in [0.3, 0.4) is 0 Å². The van der Waals surface area contributed by atoms with Gasteiger partial charge in [-0.25, -0.2) is 4.79 Å². The molecule has 1 atom stereocenters. The van der Waals surface area contributed by atoms with Gasteiger partial charge in [-0.3, -0.25) is 10.1 Å². The molecule has 6 heteroatoms. The maximum atomic E-state index is 12.0. The Labute approximate surface area is 106 Å². The first-order valence-corrected chi connectivity index (χ1v) is 5.97. The van der Waals surface area contributed by atoms with Crippen LogP contribution in [0.5, 0.6) is 5.75 Å². The van der Waals surface area contributed by atoms with Crippen molar-refractivity contribution in [2.24, 2.45) is 0 Å². The Balaban J connectivity index is 2.19. The Bertz CT molecular complexity index is 531. The molecule has 3 rings (SSSR count). The lowest BCUT2D eigenvalue weighted by Crippen LogP contribution is -2.47. The van der Waals surface area contributed by atoms with Crippen molar-refractivity contribution in [2.75, 3.05) is 6.61 Å². The van der Waals surface area contributed by atoms with E-state index in [4.69, 9.17) is 4.74 Å². The van der Waals surface area contributed by atoms with Crippen molar-refractivity contribution in [3.05, 3.63) is 28.2 Å². The number of hydrogen-bond donors (Lipinski definition) is 2. The van der Waals surface area contributed by atoms with Gasteiger partial charge < -0.3 is 10.1 Å². The van der Waals surface area contributed by atoms with E-state index in [0.29, 0.717) is 24.3 Å². The van der Waals surface area contributed by atoms with Crippen molar-refractivity contribution < 1.29 is 14.3 Å². The summed E-state index contributed by atoms with van der Waals surface area (Å²) in [5.74, 6) is 0.321. The molecule has 0 bridgehead atoms. The number of nitrogens with one attached hydrogen (secondary N) is 2. The molecule has 1 aromatic rings. The van der Waals surface area contributed by atoms with Crippen molar-refractivity contribution in [3.63, 3.8) is 0 Å². The minimum Gasteiger partial charge on any atom is -0.493 e. The Kier molecular flexibility index (Phi) is 2.16. The maximum absolute atomic E-state index is 12.0. The van der Waals surface area contributed by atoms with E-state index in [0.717, 1.165) is 4.47 Å². The second-order valence-electron chi connectivity index (χ2n) is 4.05. The lowest BCUT2D eigenvalue weighted by atomic mass is 9.85. The highest BCUT2D eigenvalue weighted by Gasteiger charge is 2.50. The van der Waals surface area contributed by atoms with Gasteiger partial charge >= 0.3 is 6.03 Å². The SMILES string of the molecule is O=C1NC(=O)C2(CCOc3ccc(Br)cc32)N1. The molecule has 0 radical (unpaired) electrons. The molecule has 1 aromatic carbocycles. The molecule has 88 valence electrons. The number of urea groups is 1. The molecular weight excluding hydrogens is 288 g/mol. The summed E-state index contributed by atoms with van der Waals surface area (Å²) in [5.41, 5.74) is -0.282. The van der Waals surface area contributed by atoms with E-state index in [9.17, 15) is 9.59 Å². The summed E-state index contributed by atoms with van der Waals surface area (Å²) in [6, 6.07) is 4.98. The lowest BCUT2D eigenvalue weighted by Gasteiger charge is -2.32. The number of benzene rings is 1. The third kappa shape index (κ3) is 1.44. The number of carbonyl (C=O) groups is 2. The van der Waals surface area contributed by atoms with E-state index >= 15 is 0 Å². The van der Waals surface area contributed by atoms with Gasteiger partial charge in [-0.1, -0.05) is 15.9 Å². The summed E-state index contributed by atoms with van der Waals surface area (Å²) in [5, 5.41) is 4.98. The second kappa shape index (κ2) is 3.46. The zero-order valence-electron chi connectivity index (χ0n) is 8.75. The number of amides is 3. The van der Waals surface area contributed by atoms with Crippen LogP contribution < -0.4 is 15.4 Å². The summed E-state index contributed by atoms with van der Waals surface area (Å²) < 4.78 is 6.34. The van der Waals surface area contributed by atoms with Crippen LogP contribution in [0.25, 0.3) is 0 Å². The Morgan fingerprint density at radius 3 is 2.88 bits per heavy atom. The van der Waals surface area contributed by atoms with Gasteiger partial charge in [0.2, 0.25) is 0 Å². The largest absolute Gasteiger partial charge is 0.493 e. The van der Waals surface area contributed by atoms with E-state index in [1.807, 2.05) is 6.07 Å². The highest BCUT2D eigenvalue weighted by Crippen LogP contribution is 2.40. The van der Waals surface area contributed by atoms with Gasteiger partial charge in [0, 0.05) is 16.5 Å². The number of halogens is 1. The van der Waals surface area contributed by atoms with Gasteiger partial charge in [-0.15, -0.1) is 0 Å². The van der Waals surface area contributed by atoms with Crippen LogP contribution in [0.1, 0.15) is 12.0 Å². The van der Waals surface area contributed by atoms with Gasteiger partial charge in [0.15, 0.2) is 5.54 Å². The van der Waals surface area contributed by atoms with E-state index in [1.54, 1.807) is 12.1 Å². The fourth-order valence-electron chi connectivity index (χ4n) is 2.27. The molecule has 2 aliphatic rings. The Morgan fingerprint density at radius 1 is 1.35 bits per heavy atom. The van der Waals surface area contributed by atoms with E-state index < -0.39 is 11.6 Å². The molecule has 3 amide bonds. The lowest BCUT2D eigenvalue weighted by molar-refractivity contribution is -0.125. The van der Waals surface area contributed by atoms with Crippen LogP contribution in [0.15, 0.2) is 22.7 Å². The number of rotatable bonds is 0. The number of hydrogen-bond acceptors (Lipinski definition) is 3. The average molecular weight is 297 g/mol. The predicted molar refractivity (Wildman–Crippen MR) is 62.6 cm³/mol. The molecule has 2 heterocycles. The molecule has 17 heavy (non-hydrogen) atoms. The average Bonchev–Trinajstić information content (AvgIpc) is 2.56. The van der Waals surface area contributed by atoms with Gasteiger partial charge in [0.1, 0.15) is 5.75 Å². The molecule has 0 aromatic heterocycles. The van der Waals surface area contributed by atoms with Gasteiger partial charge in [-0.2, -0.15) is 0 Å². The highest BCUT2D eigenvalue weighted by atomic mass is 79.9. The van der Waals surface area contributed by atoms with E-state index in [2.05, 4.69) is 26.6 Å². The number of carbonyl (C=O) groups excluding carboxylic acids is 2. The van der Waals surface area contributed by atoms with Gasteiger partial charge in [0.25, 0.3) is 5.91 Å². The molecule has 1 spiro atoms. The smallest absolute Gasteiger partial charge is 0.322 e. The summed E-state index contributed by atoms with van der Waals surface area (Å²) in [4.78, 5) is 23.3. The van der Waals surface area contributed by atoms with Crippen molar-refractivity contribution in [2.45, 2.75) is 12.0 Å². The first kappa shape index (κ1) is 10.6. The number of ether oxygens (including phenoxy) is 1. The van der Waals surface area contributed by atoms with Crippen LogP contribution in [0.4, 0.5) is 4.79 Å². The monoisotopic (exact) mass is 296 g/mol. The summed E-state index contributed by atoms with van der Waals surface area (Å²) >= 11 is 3.36. The third-order valence-electron chi connectivity index (χ3n) is 3.08. The summed E-state index contributed by atoms with van der Waals surface area (Å²) in [6.07, 6.45) is 0.439. The molecule has 1 saturated heterocycles. The fourth-order valence-corrected chi connectivity index (χ4v) is 2.63. The van der Waals surface area contributed by atoms with Gasteiger partial charge in [-0.05, 0) is 18.2 Å². The first-order valence-electron chi connectivity index (χ1n) is 5.18. The Morgan fingerprint density at radius 2 is 2.18 bits per heavy atom. The summed E-state index contributed by atoms with van der Waals surface area (Å²) in [7, 11) is 0. The highest BCUT2D eigenvalue weighted by molar-refractivity contribution is 9.10. The normalized spacial score (nSPS) is 26.2. The first-order chi connectivity index (χ1) is 8.12. The zero-order valence-corrected chi connectivity index (χ0v) is 10.3. The standard InChI is InChI=1S/C11H9BrN2O3/c12-6-1-2-8-7(5-6)11(3-4-17-8)9(15)13-10(16)14-11/h1-2,5H,3-4H2,(H2,13,14,15,16). The molecule has 0 saturated carbocycles. The van der Waals surface area contributed by atoms with Crippen molar-refractivity contribution in [1.82, 2.24) is 10.6 Å². The third-order valence-corrected chi connectivity index (χ3v) is 3.57. The minimum absolute atomic E-state index is 0.315. The van der Waals surface area contributed by atoms with E-state index in [1.165, 1.54) is 0 Å². The molecule has 2 aliphatic heterocycles. The van der Waals surface area contributed by atoms with Gasteiger partial charge in [0.05, 0.1) is 6.61 Å². The fraction of sp³-hybridized carbons (Fsp3) is 0.273. The molecular formula is C11H9BrN2O3. The quantitative estimate of drug-likeness (QED) is 0.709. The van der Waals surface area contributed by atoms with Crippen LogP contribution >= 0.6 is 15.9 Å². The number of fused-ring (bicyclic) bond motifs is 2. The van der Waals surface area contributed by atoms with Crippen molar-refractivity contribution >= 4 is 27.9 Å². The van der Waals surface area contributed by atoms with Crippen LogP contribution in [-0.2, 0) is 10.3 Å². The maximum Gasteiger partial charge on any atom is 0.322 e. The minimum atomic E-state index is -0.978. The molecule has 1 fully saturated rings. The molecule has 5 nitrogen and oxygen atoms in total. The van der Waals surface area contributed by atoms with Crippen LogP contribution in [-0.4, -0.2) is 18.5 Å². The zero-order chi connectivity index (χ0) is 12.0. The summed E-state index contributed by atoms with van der Waals surface area (Å²) in [6.45, 7) is 0.405. The molecule has 2 N–H and O–H groups in total. The topological polar surface area (TPSA) is 67.4 Å². The second-order valence-corrected chi connectivity index (χ2v) is 4.97. The predicted octanol–water partition coefficient (Wildman–Crippen LogP) is 1.27. The molecule has 1 unspecified atom stereocenters. The van der Waals surface area contributed by atoms with Crippen LogP contribution in [0, 0.1) is 0 Å². The molecule has 0 aliphatic carbocycles. The van der Waals surface area contributed by atoms with Crippen LogP contribution in [0.2, 0.25) is 0 Å². The van der Waals surface area contributed by atoms with Crippen molar-refractivity contribution in [1.29, 1.82) is 0 Å². The van der Waals surface area contributed by atoms with E-state index in [-0.39, 0.29) is 5.91 Å². The Hall–Kier alpha value is -1.56. The number of imide groups is 1. The van der Waals surface area contributed by atoms with Crippen molar-refractivity contribution in [3.8, 4) is 5.75 Å².